The summed E-state index contributed by atoms with van der Waals surface area (Å²) in [6.07, 6.45) is 6.17. The van der Waals surface area contributed by atoms with Crippen LogP contribution in [0.25, 0.3) is 10.1 Å². The number of carbonyl (C=O) groups is 2. The van der Waals surface area contributed by atoms with Crippen molar-refractivity contribution in [1.29, 1.82) is 0 Å². The van der Waals surface area contributed by atoms with Crippen molar-refractivity contribution < 1.29 is 18.0 Å². The number of nitrogens with zero attached hydrogens (tertiary/aromatic N) is 5. The highest BCUT2D eigenvalue weighted by Crippen LogP contribution is 2.33. The molecule has 200 valence electrons. The molecule has 4 heterocycles. The maximum Gasteiger partial charge on any atom is 0.283 e. The van der Waals surface area contributed by atoms with Gasteiger partial charge in [-0.15, -0.1) is 29.1 Å². The first-order valence-corrected chi connectivity index (χ1v) is 15.1. The van der Waals surface area contributed by atoms with E-state index in [0.29, 0.717) is 30.1 Å². The van der Waals surface area contributed by atoms with Crippen molar-refractivity contribution in [3.8, 4) is 12.3 Å². The fraction of sp³-hybridized carbons (Fsp3) is 0.400. The van der Waals surface area contributed by atoms with Gasteiger partial charge in [0.2, 0.25) is 5.91 Å². The number of hydrogen-bond acceptors (Lipinski definition) is 9. The minimum absolute atomic E-state index is 0.00434. The Kier molecular flexibility index (Phi) is 7.29. The van der Waals surface area contributed by atoms with Crippen LogP contribution in [0.4, 0.5) is 0 Å². The number of carbonyl (C=O) groups excluding carboxylic acids is 2. The van der Waals surface area contributed by atoms with Gasteiger partial charge in [-0.05, 0) is 23.6 Å². The molecule has 0 aliphatic carbocycles. The van der Waals surface area contributed by atoms with E-state index in [1.54, 1.807) is 42.2 Å². The van der Waals surface area contributed by atoms with Crippen molar-refractivity contribution in [2.45, 2.75) is 29.6 Å². The number of benzene rings is 1. The molecule has 2 N–H and O–H groups in total. The van der Waals surface area contributed by atoms with Crippen LogP contribution >= 0.6 is 22.7 Å². The number of hydrogen-bond donors (Lipinski definition) is 1. The van der Waals surface area contributed by atoms with E-state index in [1.165, 1.54) is 20.5 Å². The Bertz CT molecular complexity index is 1550. The van der Waals surface area contributed by atoms with E-state index < -0.39 is 16.1 Å². The maximum atomic E-state index is 13.7. The number of piperazine rings is 1. The van der Waals surface area contributed by atoms with Gasteiger partial charge in [0, 0.05) is 74.8 Å². The third-order valence-corrected chi connectivity index (χ3v) is 11.3. The Balaban J connectivity index is 1.41. The normalized spacial score (nSPS) is 18.8. The van der Waals surface area contributed by atoms with Crippen LogP contribution in [0, 0.1) is 12.3 Å². The molecule has 2 aromatic heterocycles. The molecule has 0 radical (unpaired) electrons. The molecule has 3 aromatic rings. The van der Waals surface area contributed by atoms with Gasteiger partial charge in [0.15, 0.2) is 5.01 Å². The zero-order valence-electron chi connectivity index (χ0n) is 21.1. The van der Waals surface area contributed by atoms with Gasteiger partial charge in [-0.1, -0.05) is 12.0 Å². The Morgan fingerprint density at radius 2 is 2.00 bits per heavy atom. The molecule has 1 unspecified atom stereocenters. The third kappa shape index (κ3) is 5.07. The van der Waals surface area contributed by atoms with E-state index in [9.17, 15) is 18.0 Å². The summed E-state index contributed by atoms with van der Waals surface area (Å²) in [5.41, 5.74) is 1.56. The number of thiazole rings is 1. The maximum absolute atomic E-state index is 13.7. The van der Waals surface area contributed by atoms with E-state index >= 15 is 0 Å². The molecule has 1 atom stereocenters. The van der Waals surface area contributed by atoms with E-state index in [4.69, 9.17) is 12.3 Å². The summed E-state index contributed by atoms with van der Waals surface area (Å²) < 4.78 is 29.7. The number of terminal acetylenes is 1. The number of aromatic nitrogens is 1. The summed E-state index contributed by atoms with van der Waals surface area (Å²) in [6, 6.07) is 6.40. The SMILES string of the molecule is C#Cc1ccc2cc(S(=O)(=O)N3CCN(C(=O)c4nc5c(s4)CN(N)CC5)C(CC(=O)N(C)C)C3)sc2c1. The zero-order chi connectivity index (χ0) is 27.2. The third-order valence-electron chi connectivity index (χ3n) is 6.82. The first-order chi connectivity index (χ1) is 18.1. The monoisotopic (exact) mass is 572 g/mol. The van der Waals surface area contributed by atoms with Crippen molar-refractivity contribution >= 4 is 54.6 Å². The van der Waals surface area contributed by atoms with E-state index in [0.717, 1.165) is 32.0 Å². The summed E-state index contributed by atoms with van der Waals surface area (Å²) in [4.78, 5) is 34.9. The fourth-order valence-corrected chi connectivity index (χ4v) is 8.80. The minimum atomic E-state index is -3.85. The molecular formula is C25H28N6O4S3. The van der Waals surface area contributed by atoms with Crippen molar-refractivity contribution in [1.82, 2.24) is 24.1 Å². The highest BCUT2D eigenvalue weighted by Gasteiger charge is 2.39. The summed E-state index contributed by atoms with van der Waals surface area (Å²) in [6.45, 7) is 1.49. The predicted octanol–water partition coefficient (Wildman–Crippen LogP) is 1.56. The lowest BCUT2D eigenvalue weighted by atomic mass is 10.1. The molecule has 38 heavy (non-hydrogen) atoms. The summed E-state index contributed by atoms with van der Waals surface area (Å²) in [5, 5.41) is 2.83. The summed E-state index contributed by atoms with van der Waals surface area (Å²) >= 11 is 2.48. The molecule has 5 rings (SSSR count). The first-order valence-electron chi connectivity index (χ1n) is 12.1. The number of fused-ring (bicyclic) bond motifs is 2. The highest BCUT2D eigenvalue weighted by atomic mass is 32.2. The minimum Gasteiger partial charge on any atom is -0.349 e. The molecule has 2 amide bonds. The van der Waals surface area contributed by atoms with Gasteiger partial charge in [0.05, 0.1) is 11.7 Å². The van der Waals surface area contributed by atoms with Crippen molar-refractivity contribution in [2.24, 2.45) is 5.84 Å². The number of amides is 2. The Labute approximate surface area is 229 Å². The molecular weight excluding hydrogens is 545 g/mol. The van der Waals surface area contributed by atoms with E-state index in [-0.39, 0.29) is 42.1 Å². The van der Waals surface area contributed by atoms with Gasteiger partial charge in [-0.3, -0.25) is 15.4 Å². The summed E-state index contributed by atoms with van der Waals surface area (Å²) in [7, 11) is -0.570. The molecule has 0 spiro atoms. The Morgan fingerprint density at radius 1 is 1.21 bits per heavy atom. The van der Waals surface area contributed by atoms with Gasteiger partial charge in [0.1, 0.15) is 4.21 Å². The van der Waals surface area contributed by atoms with Crippen LogP contribution in [0.3, 0.4) is 0 Å². The zero-order valence-corrected chi connectivity index (χ0v) is 23.5. The predicted molar refractivity (Wildman–Crippen MR) is 147 cm³/mol. The van der Waals surface area contributed by atoms with Crippen LogP contribution in [-0.2, 0) is 27.8 Å². The standard InChI is InChI=1S/C25H28N6O4S3/c1-4-16-5-6-17-12-23(36-20(17)11-16)38(34,35)30-9-10-31(18(14-30)13-22(32)28(2)3)25(33)24-27-19-7-8-29(26)15-21(19)37-24/h1,5-6,11-12,18H,7-10,13-15,26H2,2-3H3. The number of hydrazine groups is 1. The van der Waals surface area contributed by atoms with Crippen LogP contribution in [0.2, 0.25) is 0 Å². The number of thiophene rings is 1. The molecule has 1 fully saturated rings. The fourth-order valence-electron chi connectivity index (χ4n) is 4.65. The van der Waals surface area contributed by atoms with E-state index in [2.05, 4.69) is 10.9 Å². The number of sulfonamides is 1. The molecule has 10 nitrogen and oxygen atoms in total. The van der Waals surface area contributed by atoms with Crippen LogP contribution in [0.5, 0.6) is 0 Å². The van der Waals surface area contributed by atoms with Crippen LogP contribution in [-0.4, -0.2) is 90.6 Å². The van der Waals surface area contributed by atoms with Crippen LogP contribution < -0.4 is 5.84 Å². The van der Waals surface area contributed by atoms with Gasteiger partial charge >= 0.3 is 0 Å². The van der Waals surface area contributed by atoms with E-state index in [1.807, 2.05) is 6.07 Å². The number of rotatable bonds is 5. The highest BCUT2D eigenvalue weighted by molar-refractivity contribution is 7.91. The van der Waals surface area contributed by atoms with Gasteiger partial charge in [-0.25, -0.2) is 18.4 Å². The second kappa shape index (κ2) is 10.4. The van der Waals surface area contributed by atoms with Crippen molar-refractivity contribution in [3.63, 3.8) is 0 Å². The average Bonchev–Trinajstić information content (AvgIpc) is 3.52. The van der Waals surface area contributed by atoms with Crippen molar-refractivity contribution in [2.75, 3.05) is 40.3 Å². The lowest BCUT2D eigenvalue weighted by Crippen LogP contribution is -2.57. The average molecular weight is 573 g/mol. The van der Waals surface area contributed by atoms with Crippen molar-refractivity contribution in [3.05, 3.63) is 45.4 Å². The second-order valence-corrected chi connectivity index (χ2v) is 13.9. The smallest absolute Gasteiger partial charge is 0.283 e. The number of nitrogens with two attached hydrogens (primary N) is 1. The summed E-state index contributed by atoms with van der Waals surface area (Å²) in [5.74, 6) is 8.03. The molecule has 2 aliphatic heterocycles. The van der Waals surface area contributed by atoms with Gasteiger partial charge in [0.25, 0.3) is 15.9 Å². The molecule has 0 saturated carbocycles. The van der Waals surface area contributed by atoms with Crippen LogP contribution in [0.15, 0.2) is 28.5 Å². The largest absolute Gasteiger partial charge is 0.349 e. The molecule has 0 bridgehead atoms. The Hall–Kier alpha value is -2.86. The lowest BCUT2D eigenvalue weighted by molar-refractivity contribution is -0.130. The van der Waals surface area contributed by atoms with Crippen LogP contribution in [0.1, 0.15) is 32.4 Å². The van der Waals surface area contributed by atoms with Gasteiger partial charge < -0.3 is 9.80 Å². The second-order valence-electron chi connectivity index (χ2n) is 9.58. The lowest BCUT2D eigenvalue weighted by Gasteiger charge is -2.40. The molecule has 1 saturated heterocycles. The Morgan fingerprint density at radius 3 is 2.74 bits per heavy atom. The topological polar surface area (TPSA) is 120 Å². The molecule has 1 aromatic carbocycles. The first kappa shape index (κ1) is 26.7. The molecule has 2 aliphatic rings. The quantitative estimate of drug-likeness (QED) is 0.364. The van der Waals surface area contributed by atoms with Gasteiger partial charge in [-0.2, -0.15) is 4.31 Å². The molecule has 13 heteroatoms.